The molecule has 1 aliphatic rings. The second-order valence-electron chi connectivity index (χ2n) is 6.01. The molecule has 0 bridgehead atoms. The molecular formula is C16H19N7S. The number of thiazole rings is 1. The summed E-state index contributed by atoms with van der Waals surface area (Å²) in [5.41, 5.74) is 8.59. The largest absolute Gasteiger partial charge is 0.382 e. The summed E-state index contributed by atoms with van der Waals surface area (Å²) in [4.78, 5) is 4.28. The molecule has 124 valence electrons. The highest BCUT2D eigenvalue weighted by Crippen LogP contribution is 2.28. The van der Waals surface area contributed by atoms with E-state index in [1.807, 2.05) is 28.5 Å². The molecule has 1 aliphatic heterocycles. The van der Waals surface area contributed by atoms with E-state index in [0.717, 1.165) is 41.5 Å². The van der Waals surface area contributed by atoms with Crippen LogP contribution in [0.1, 0.15) is 12.8 Å². The van der Waals surface area contributed by atoms with Crippen LogP contribution in [0.15, 0.2) is 30.0 Å². The number of rotatable bonds is 4. The summed E-state index contributed by atoms with van der Waals surface area (Å²) in [5.74, 6) is 1.09. The molecule has 0 saturated carbocycles. The molecule has 0 amide bonds. The molecule has 7 nitrogen and oxygen atoms in total. The molecule has 0 aliphatic carbocycles. The van der Waals surface area contributed by atoms with Gasteiger partial charge in [0.05, 0.1) is 6.20 Å². The van der Waals surface area contributed by atoms with Gasteiger partial charge in [-0.3, -0.25) is 4.68 Å². The van der Waals surface area contributed by atoms with E-state index in [9.17, 15) is 0 Å². The summed E-state index contributed by atoms with van der Waals surface area (Å²) >= 11 is 1.53. The van der Waals surface area contributed by atoms with Crippen molar-refractivity contribution < 1.29 is 0 Å². The number of hydrogen-bond acceptors (Lipinski definition) is 7. The van der Waals surface area contributed by atoms with E-state index in [4.69, 9.17) is 5.73 Å². The average Bonchev–Trinajstić information content (AvgIpc) is 3.28. The summed E-state index contributed by atoms with van der Waals surface area (Å²) in [6, 6.07) is 1.94. The Hall–Kier alpha value is -2.32. The zero-order valence-corrected chi connectivity index (χ0v) is 14.0. The van der Waals surface area contributed by atoms with E-state index in [-0.39, 0.29) is 0 Å². The minimum atomic E-state index is 0.414. The molecule has 3 aromatic heterocycles. The molecule has 8 heteroatoms. The minimum absolute atomic E-state index is 0.414. The van der Waals surface area contributed by atoms with Gasteiger partial charge in [-0.15, -0.1) is 21.5 Å². The van der Waals surface area contributed by atoms with E-state index in [1.54, 1.807) is 6.20 Å². The Kier molecular flexibility index (Phi) is 4.22. The van der Waals surface area contributed by atoms with Crippen molar-refractivity contribution in [2.75, 3.05) is 18.8 Å². The van der Waals surface area contributed by atoms with E-state index >= 15 is 0 Å². The van der Waals surface area contributed by atoms with E-state index in [0.29, 0.717) is 11.7 Å². The van der Waals surface area contributed by atoms with Gasteiger partial charge in [0.2, 0.25) is 0 Å². The number of piperidine rings is 1. The highest BCUT2D eigenvalue weighted by molar-refractivity contribution is 7.13. The maximum absolute atomic E-state index is 6.03. The van der Waals surface area contributed by atoms with E-state index < -0.39 is 0 Å². The van der Waals surface area contributed by atoms with Crippen molar-refractivity contribution >= 4 is 17.2 Å². The third-order valence-electron chi connectivity index (χ3n) is 4.32. The maximum atomic E-state index is 6.03. The second-order valence-corrected chi connectivity index (χ2v) is 6.90. The van der Waals surface area contributed by atoms with Crippen molar-refractivity contribution in [1.29, 1.82) is 0 Å². The van der Waals surface area contributed by atoms with Gasteiger partial charge < -0.3 is 11.1 Å². The standard InChI is InChI=1S/C16H19N7S/c17-15-13(7-14(21-22-15)16-19-5-6-24-16)12-8-20-23(10-12)9-11-1-3-18-4-2-11/h5-8,10-11,18H,1-4,9H2,(H2,17,22). The lowest BCUT2D eigenvalue weighted by atomic mass is 9.98. The van der Waals surface area contributed by atoms with Crippen LogP contribution in [0.5, 0.6) is 0 Å². The number of hydrogen-bond donors (Lipinski definition) is 2. The van der Waals surface area contributed by atoms with Crippen LogP contribution < -0.4 is 11.1 Å². The van der Waals surface area contributed by atoms with E-state index in [2.05, 4.69) is 25.6 Å². The van der Waals surface area contributed by atoms with Crippen LogP contribution in [-0.4, -0.2) is 38.1 Å². The first-order valence-corrected chi connectivity index (χ1v) is 8.94. The fourth-order valence-electron chi connectivity index (χ4n) is 3.02. The Labute approximate surface area is 143 Å². The van der Waals surface area contributed by atoms with Crippen LogP contribution in [0.25, 0.3) is 21.8 Å². The van der Waals surface area contributed by atoms with Crippen molar-refractivity contribution in [2.24, 2.45) is 5.92 Å². The predicted octanol–water partition coefficient (Wildman–Crippen LogP) is 2.05. The Morgan fingerprint density at radius 2 is 2.17 bits per heavy atom. The first kappa shape index (κ1) is 15.2. The quantitative estimate of drug-likeness (QED) is 0.754. The van der Waals surface area contributed by atoms with Crippen LogP contribution in [0.3, 0.4) is 0 Å². The molecule has 3 aromatic rings. The van der Waals surface area contributed by atoms with Crippen molar-refractivity contribution in [3.63, 3.8) is 0 Å². The van der Waals surface area contributed by atoms with Crippen molar-refractivity contribution in [1.82, 2.24) is 30.3 Å². The van der Waals surface area contributed by atoms with Crippen LogP contribution >= 0.6 is 11.3 Å². The summed E-state index contributed by atoms with van der Waals surface area (Å²) in [5, 5.41) is 18.9. The molecule has 1 fully saturated rings. The second kappa shape index (κ2) is 6.66. The van der Waals surface area contributed by atoms with Crippen LogP contribution in [0, 0.1) is 5.92 Å². The summed E-state index contributed by atoms with van der Waals surface area (Å²) in [7, 11) is 0. The predicted molar refractivity (Wildman–Crippen MR) is 94.4 cm³/mol. The van der Waals surface area contributed by atoms with Crippen LogP contribution in [-0.2, 0) is 6.54 Å². The number of anilines is 1. The van der Waals surface area contributed by atoms with Crippen molar-refractivity contribution in [2.45, 2.75) is 19.4 Å². The van der Waals surface area contributed by atoms with Crippen molar-refractivity contribution in [3.8, 4) is 21.8 Å². The lowest BCUT2D eigenvalue weighted by molar-refractivity contribution is 0.321. The molecule has 4 heterocycles. The highest BCUT2D eigenvalue weighted by Gasteiger charge is 2.16. The van der Waals surface area contributed by atoms with Gasteiger partial charge in [-0.2, -0.15) is 5.10 Å². The lowest BCUT2D eigenvalue weighted by Gasteiger charge is -2.22. The third kappa shape index (κ3) is 3.15. The number of nitrogen functional groups attached to an aromatic ring is 1. The lowest BCUT2D eigenvalue weighted by Crippen LogP contribution is -2.29. The fraction of sp³-hybridized carbons (Fsp3) is 0.375. The van der Waals surface area contributed by atoms with Gasteiger partial charge in [-0.05, 0) is 37.9 Å². The molecule has 4 rings (SSSR count). The first-order chi connectivity index (χ1) is 11.8. The molecule has 0 radical (unpaired) electrons. The smallest absolute Gasteiger partial charge is 0.154 e. The average molecular weight is 341 g/mol. The Morgan fingerprint density at radius 1 is 1.29 bits per heavy atom. The molecule has 0 aromatic carbocycles. The Morgan fingerprint density at radius 3 is 2.96 bits per heavy atom. The Balaban J connectivity index is 1.58. The molecule has 3 N–H and O–H groups in total. The summed E-state index contributed by atoms with van der Waals surface area (Å²) in [6.45, 7) is 3.13. The van der Waals surface area contributed by atoms with Gasteiger partial charge in [-0.25, -0.2) is 4.98 Å². The highest BCUT2D eigenvalue weighted by atomic mass is 32.1. The van der Waals surface area contributed by atoms with Gasteiger partial charge in [0, 0.05) is 35.4 Å². The van der Waals surface area contributed by atoms with E-state index in [1.165, 1.54) is 24.2 Å². The number of aromatic nitrogens is 5. The zero-order chi connectivity index (χ0) is 16.4. The van der Waals surface area contributed by atoms with Gasteiger partial charge in [0.15, 0.2) is 5.82 Å². The first-order valence-electron chi connectivity index (χ1n) is 8.06. The van der Waals surface area contributed by atoms with Gasteiger partial charge in [0.25, 0.3) is 0 Å². The summed E-state index contributed by atoms with van der Waals surface area (Å²) in [6.07, 6.45) is 8.04. The van der Waals surface area contributed by atoms with Gasteiger partial charge in [-0.1, -0.05) is 0 Å². The molecule has 0 atom stereocenters. The summed E-state index contributed by atoms with van der Waals surface area (Å²) < 4.78 is 2.01. The van der Waals surface area contributed by atoms with Crippen LogP contribution in [0.2, 0.25) is 0 Å². The number of nitrogens with one attached hydrogen (secondary N) is 1. The fourth-order valence-corrected chi connectivity index (χ4v) is 3.61. The zero-order valence-electron chi connectivity index (χ0n) is 13.2. The molecular weight excluding hydrogens is 322 g/mol. The molecule has 1 saturated heterocycles. The normalized spacial score (nSPS) is 15.7. The number of nitrogens with zero attached hydrogens (tertiary/aromatic N) is 5. The molecule has 0 unspecified atom stereocenters. The maximum Gasteiger partial charge on any atom is 0.154 e. The van der Waals surface area contributed by atoms with Gasteiger partial charge in [0.1, 0.15) is 10.7 Å². The van der Waals surface area contributed by atoms with Crippen LogP contribution in [0.4, 0.5) is 5.82 Å². The Bertz CT molecular complexity index is 806. The topological polar surface area (TPSA) is 94.5 Å². The number of nitrogens with two attached hydrogens (primary N) is 1. The monoisotopic (exact) mass is 341 g/mol. The molecule has 24 heavy (non-hydrogen) atoms. The SMILES string of the molecule is Nc1nnc(-c2nccs2)cc1-c1cnn(CC2CCNCC2)c1. The minimum Gasteiger partial charge on any atom is -0.382 e. The molecule has 0 spiro atoms. The van der Waals surface area contributed by atoms with Gasteiger partial charge >= 0.3 is 0 Å². The van der Waals surface area contributed by atoms with Crippen molar-refractivity contribution in [3.05, 3.63) is 30.0 Å². The third-order valence-corrected chi connectivity index (χ3v) is 5.12.